The van der Waals surface area contributed by atoms with Crippen molar-refractivity contribution < 1.29 is 4.79 Å². The van der Waals surface area contributed by atoms with E-state index in [1.807, 2.05) is 0 Å². The third-order valence-electron chi connectivity index (χ3n) is 2.25. The summed E-state index contributed by atoms with van der Waals surface area (Å²) in [5.74, 6) is -0.289. The minimum absolute atomic E-state index is 0.263. The Bertz CT molecular complexity index is 558. The van der Waals surface area contributed by atoms with Crippen molar-refractivity contribution in [3.63, 3.8) is 0 Å². The van der Waals surface area contributed by atoms with Crippen LogP contribution in [-0.4, -0.2) is 20.4 Å². The minimum atomic E-state index is -0.552. The van der Waals surface area contributed by atoms with E-state index in [0.717, 1.165) is 0 Å². The lowest BCUT2D eigenvalue weighted by molar-refractivity contribution is 0.1000. The van der Waals surface area contributed by atoms with Gasteiger partial charge in [-0.3, -0.25) is 9.36 Å². The molecule has 0 aliphatic carbocycles. The van der Waals surface area contributed by atoms with Gasteiger partial charge in [-0.25, -0.2) is 9.97 Å². The number of fused-ring (bicyclic) bond motifs is 1. The topological polar surface area (TPSA) is 126 Å². The van der Waals surface area contributed by atoms with Crippen molar-refractivity contribution in [3.8, 4) is 0 Å². The maximum absolute atomic E-state index is 11.0. The first kappa shape index (κ1) is 10.4. The molecule has 0 bridgehead atoms. The van der Waals surface area contributed by atoms with Crippen LogP contribution in [0, 0.1) is 0 Å². The number of nitrogen functional groups attached to an aromatic ring is 1. The average Bonchev–Trinajstić information content (AvgIpc) is 2.51. The fraction of sp³-hybridized carbons (Fsp3) is 0.222. The molecule has 0 aromatic carbocycles. The molecule has 0 aliphatic heterocycles. The van der Waals surface area contributed by atoms with Crippen molar-refractivity contribution in [1.82, 2.24) is 14.5 Å². The first-order chi connectivity index (χ1) is 7.50. The molecule has 0 radical (unpaired) electrons. The van der Waals surface area contributed by atoms with Gasteiger partial charge < -0.3 is 17.2 Å². The summed E-state index contributed by atoms with van der Waals surface area (Å²) in [6, 6.07) is 1.54. The van der Waals surface area contributed by atoms with Crippen molar-refractivity contribution in [2.24, 2.45) is 11.5 Å². The monoisotopic (exact) mass is 220 g/mol. The van der Waals surface area contributed by atoms with E-state index < -0.39 is 5.91 Å². The van der Waals surface area contributed by atoms with E-state index in [-0.39, 0.29) is 12.1 Å². The van der Waals surface area contributed by atoms with E-state index in [2.05, 4.69) is 9.97 Å². The molecule has 2 rings (SSSR count). The van der Waals surface area contributed by atoms with Crippen molar-refractivity contribution in [2.75, 3.05) is 5.73 Å². The molecule has 6 N–H and O–H groups in total. The van der Waals surface area contributed by atoms with Crippen LogP contribution >= 0.6 is 0 Å². The molecule has 1 atom stereocenters. The third kappa shape index (κ3) is 1.47. The highest BCUT2D eigenvalue weighted by atomic mass is 16.1. The summed E-state index contributed by atoms with van der Waals surface area (Å²) in [7, 11) is 0. The Balaban J connectivity index is 2.70. The summed E-state index contributed by atoms with van der Waals surface area (Å²) in [5, 5.41) is 0. The van der Waals surface area contributed by atoms with E-state index in [1.165, 1.54) is 6.20 Å². The number of carbonyl (C=O) groups is 1. The molecule has 0 aliphatic rings. The molecule has 0 fully saturated rings. The number of imidazole rings is 1. The number of anilines is 1. The zero-order valence-electron chi connectivity index (χ0n) is 8.71. The lowest BCUT2D eigenvalue weighted by Crippen LogP contribution is -2.17. The van der Waals surface area contributed by atoms with Gasteiger partial charge in [-0.2, -0.15) is 0 Å². The predicted molar refractivity (Wildman–Crippen MR) is 59.4 cm³/mol. The quantitative estimate of drug-likeness (QED) is 0.634. The van der Waals surface area contributed by atoms with Crippen LogP contribution < -0.4 is 17.2 Å². The first-order valence-corrected chi connectivity index (χ1v) is 4.69. The van der Waals surface area contributed by atoms with E-state index in [1.54, 1.807) is 17.6 Å². The Morgan fingerprint density at radius 1 is 1.56 bits per heavy atom. The van der Waals surface area contributed by atoms with Crippen LogP contribution in [0.2, 0.25) is 0 Å². The summed E-state index contributed by atoms with van der Waals surface area (Å²) >= 11 is 0. The third-order valence-corrected chi connectivity index (χ3v) is 2.25. The molecule has 2 aromatic rings. The van der Waals surface area contributed by atoms with Crippen molar-refractivity contribution >= 4 is 23.0 Å². The average molecular weight is 220 g/mol. The van der Waals surface area contributed by atoms with E-state index in [9.17, 15) is 4.79 Å². The number of hydrogen-bond donors (Lipinski definition) is 3. The SMILES string of the molecule is CC(N)n1c(N)nc2cc(C(N)=O)cnc21. The van der Waals surface area contributed by atoms with Gasteiger partial charge in [-0.05, 0) is 13.0 Å². The molecule has 1 amide bonds. The normalized spacial score (nSPS) is 12.9. The molecule has 0 saturated heterocycles. The number of pyridine rings is 1. The molecule has 16 heavy (non-hydrogen) atoms. The lowest BCUT2D eigenvalue weighted by Gasteiger charge is -2.08. The number of aromatic nitrogens is 3. The van der Waals surface area contributed by atoms with Gasteiger partial charge in [0.25, 0.3) is 0 Å². The van der Waals surface area contributed by atoms with Crippen LogP contribution in [0.3, 0.4) is 0 Å². The Morgan fingerprint density at radius 3 is 2.81 bits per heavy atom. The summed E-state index contributed by atoms with van der Waals surface area (Å²) in [6.07, 6.45) is 1.04. The molecule has 0 saturated carbocycles. The highest BCUT2D eigenvalue weighted by Gasteiger charge is 2.13. The number of amides is 1. The number of nitrogens with two attached hydrogens (primary N) is 3. The number of carbonyl (C=O) groups excluding carboxylic acids is 1. The molecule has 2 aromatic heterocycles. The molecule has 7 heteroatoms. The van der Waals surface area contributed by atoms with Crippen LogP contribution in [0.25, 0.3) is 11.2 Å². The van der Waals surface area contributed by atoms with Gasteiger partial charge in [0.2, 0.25) is 11.9 Å². The van der Waals surface area contributed by atoms with Crippen LogP contribution in [0.4, 0.5) is 5.95 Å². The maximum atomic E-state index is 11.0. The molecule has 0 spiro atoms. The molecule has 7 nitrogen and oxygen atoms in total. The molecule has 84 valence electrons. The fourth-order valence-electron chi connectivity index (χ4n) is 1.54. The number of primary amides is 1. The standard InChI is InChI=1S/C9H12N6O/c1-4(10)15-8-6(14-9(15)12)2-5(3-13-8)7(11)16/h2-4H,10H2,1H3,(H2,11,16)(H2,12,14). The molecule has 1 unspecified atom stereocenters. The second-order valence-electron chi connectivity index (χ2n) is 3.51. The number of nitrogens with zero attached hydrogens (tertiary/aromatic N) is 3. The van der Waals surface area contributed by atoms with Gasteiger partial charge in [0, 0.05) is 6.20 Å². The predicted octanol–water partition coefficient (Wildman–Crippen LogP) is -0.410. The molecule has 2 heterocycles. The second-order valence-corrected chi connectivity index (χ2v) is 3.51. The summed E-state index contributed by atoms with van der Waals surface area (Å²) in [5.41, 5.74) is 17.9. The minimum Gasteiger partial charge on any atom is -0.369 e. The lowest BCUT2D eigenvalue weighted by atomic mass is 10.2. The zero-order chi connectivity index (χ0) is 11.9. The molecular weight excluding hydrogens is 208 g/mol. The van der Waals surface area contributed by atoms with Crippen LogP contribution in [0.1, 0.15) is 23.4 Å². The van der Waals surface area contributed by atoms with E-state index >= 15 is 0 Å². The maximum Gasteiger partial charge on any atom is 0.250 e. The van der Waals surface area contributed by atoms with Crippen molar-refractivity contribution in [1.29, 1.82) is 0 Å². The van der Waals surface area contributed by atoms with Gasteiger partial charge in [-0.1, -0.05) is 0 Å². The first-order valence-electron chi connectivity index (χ1n) is 4.69. The van der Waals surface area contributed by atoms with E-state index in [4.69, 9.17) is 17.2 Å². The van der Waals surface area contributed by atoms with Gasteiger partial charge in [0.15, 0.2) is 5.65 Å². The molecular formula is C9H12N6O. The summed E-state index contributed by atoms with van der Waals surface area (Å²) in [4.78, 5) is 19.1. The van der Waals surface area contributed by atoms with Gasteiger partial charge in [0.1, 0.15) is 5.52 Å². The fourth-order valence-corrected chi connectivity index (χ4v) is 1.54. The highest BCUT2D eigenvalue weighted by molar-refractivity contribution is 5.95. The van der Waals surface area contributed by atoms with Gasteiger partial charge in [-0.15, -0.1) is 0 Å². The van der Waals surface area contributed by atoms with Crippen LogP contribution in [0.15, 0.2) is 12.3 Å². The number of rotatable bonds is 2. The smallest absolute Gasteiger partial charge is 0.250 e. The van der Waals surface area contributed by atoms with Gasteiger partial charge >= 0.3 is 0 Å². The van der Waals surface area contributed by atoms with Crippen molar-refractivity contribution in [2.45, 2.75) is 13.1 Å². The van der Waals surface area contributed by atoms with Crippen molar-refractivity contribution in [3.05, 3.63) is 17.8 Å². The Labute approximate surface area is 91.2 Å². The Morgan fingerprint density at radius 2 is 2.25 bits per heavy atom. The zero-order valence-corrected chi connectivity index (χ0v) is 8.71. The second kappa shape index (κ2) is 3.46. The van der Waals surface area contributed by atoms with Crippen LogP contribution in [0.5, 0.6) is 0 Å². The highest BCUT2D eigenvalue weighted by Crippen LogP contribution is 2.19. The summed E-state index contributed by atoms with van der Waals surface area (Å²) in [6.45, 7) is 1.77. The Hall–Kier alpha value is -2.15. The Kier molecular flexibility index (Phi) is 2.24. The largest absolute Gasteiger partial charge is 0.369 e. The summed E-state index contributed by atoms with van der Waals surface area (Å²) < 4.78 is 1.58. The number of hydrogen-bond acceptors (Lipinski definition) is 5. The van der Waals surface area contributed by atoms with E-state index in [0.29, 0.717) is 16.7 Å². The van der Waals surface area contributed by atoms with Gasteiger partial charge in [0.05, 0.1) is 11.7 Å². The van der Waals surface area contributed by atoms with Crippen LogP contribution in [-0.2, 0) is 0 Å².